The number of nitrogens with two attached hydrogens (primary N) is 1. The topological polar surface area (TPSA) is 107 Å². The van der Waals surface area contributed by atoms with E-state index < -0.39 is 11.9 Å². The summed E-state index contributed by atoms with van der Waals surface area (Å²) in [5.41, 5.74) is 6.10. The molecule has 27 heavy (non-hydrogen) atoms. The van der Waals surface area contributed by atoms with Crippen LogP contribution in [0.25, 0.3) is 10.2 Å². The molecule has 7 nitrogen and oxygen atoms in total. The zero-order chi connectivity index (χ0) is 19.7. The molecule has 3 N–H and O–H groups in total. The Hall–Kier alpha value is -1.87. The lowest BCUT2D eigenvalue weighted by molar-refractivity contribution is -0.117. The summed E-state index contributed by atoms with van der Waals surface area (Å²) < 4.78 is 1.67. The van der Waals surface area contributed by atoms with Gasteiger partial charge in [-0.25, -0.2) is 9.78 Å². The molecule has 1 aliphatic carbocycles. The number of rotatable bonds is 5. The molecule has 0 bridgehead atoms. The van der Waals surface area contributed by atoms with Gasteiger partial charge in [-0.2, -0.15) is 0 Å². The smallest absolute Gasteiger partial charge is 0.318 e. The van der Waals surface area contributed by atoms with Gasteiger partial charge in [0, 0.05) is 11.4 Å². The fourth-order valence-corrected chi connectivity index (χ4v) is 5.58. The van der Waals surface area contributed by atoms with Gasteiger partial charge in [0.15, 0.2) is 5.16 Å². The van der Waals surface area contributed by atoms with Crippen molar-refractivity contribution in [3.8, 4) is 0 Å². The van der Waals surface area contributed by atoms with Crippen LogP contribution in [0.3, 0.4) is 0 Å². The molecule has 0 aliphatic heterocycles. The molecule has 3 rings (SSSR count). The number of aromatic nitrogens is 2. The summed E-state index contributed by atoms with van der Waals surface area (Å²) >= 11 is 2.75. The number of amides is 3. The van der Waals surface area contributed by atoms with Crippen molar-refractivity contribution in [1.82, 2.24) is 14.9 Å². The predicted molar refractivity (Wildman–Crippen MR) is 108 cm³/mol. The first-order valence-electron chi connectivity index (χ1n) is 9.03. The summed E-state index contributed by atoms with van der Waals surface area (Å²) in [6, 6.07) is -0.886. The number of primary amides is 1. The Morgan fingerprint density at radius 3 is 2.85 bits per heavy atom. The SMILES string of the molecule is CC(C)Cn1c(SCC(=O)NC(N)=O)nc2sc3c(c2c1=O)CC[C@H](C)C3. The average molecular weight is 409 g/mol. The van der Waals surface area contributed by atoms with Crippen LogP contribution in [0.5, 0.6) is 0 Å². The van der Waals surface area contributed by atoms with E-state index in [0.29, 0.717) is 17.6 Å². The first-order chi connectivity index (χ1) is 12.8. The minimum atomic E-state index is -0.886. The van der Waals surface area contributed by atoms with Crippen molar-refractivity contribution < 1.29 is 9.59 Å². The lowest BCUT2D eigenvalue weighted by atomic mass is 9.89. The molecule has 2 heterocycles. The highest BCUT2D eigenvalue weighted by Crippen LogP contribution is 2.36. The maximum absolute atomic E-state index is 13.3. The van der Waals surface area contributed by atoms with Gasteiger partial charge in [-0.3, -0.25) is 19.5 Å². The summed E-state index contributed by atoms with van der Waals surface area (Å²) in [6.45, 7) is 6.84. The summed E-state index contributed by atoms with van der Waals surface area (Å²) in [5.74, 6) is 0.350. The Morgan fingerprint density at radius 2 is 2.19 bits per heavy atom. The fraction of sp³-hybridized carbons (Fsp3) is 0.556. The van der Waals surface area contributed by atoms with Crippen LogP contribution in [0.4, 0.5) is 4.79 Å². The highest BCUT2D eigenvalue weighted by atomic mass is 32.2. The van der Waals surface area contributed by atoms with Gasteiger partial charge < -0.3 is 5.73 Å². The van der Waals surface area contributed by atoms with Crippen molar-refractivity contribution in [3.63, 3.8) is 0 Å². The van der Waals surface area contributed by atoms with E-state index in [0.717, 1.165) is 46.8 Å². The molecule has 0 unspecified atom stereocenters. The van der Waals surface area contributed by atoms with Crippen LogP contribution >= 0.6 is 23.1 Å². The maximum Gasteiger partial charge on any atom is 0.318 e. The van der Waals surface area contributed by atoms with Crippen LogP contribution < -0.4 is 16.6 Å². The van der Waals surface area contributed by atoms with Crippen LogP contribution in [-0.4, -0.2) is 27.2 Å². The van der Waals surface area contributed by atoms with E-state index in [1.165, 1.54) is 4.88 Å². The van der Waals surface area contributed by atoms with Crippen LogP contribution in [0.2, 0.25) is 0 Å². The van der Waals surface area contributed by atoms with Gasteiger partial charge >= 0.3 is 6.03 Å². The number of thiophene rings is 1. The summed E-state index contributed by atoms with van der Waals surface area (Å²) in [5, 5.41) is 3.29. The van der Waals surface area contributed by atoms with E-state index in [2.05, 4.69) is 6.92 Å². The van der Waals surface area contributed by atoms with Gasteiger partial charge in [-0.15, -0.1) is 11.3 Å². The van der Waals surface area contributed by atoms with Gasteiger partial charge in [0.2, 0.25) is 5.91 Å². The average Bonchev–Trinajstić information content (AvgIpc) is 2.92. The normalized spacial score (nSPS) is 16.5. The van der Waals surface area contributed by atoms with Crippen molar-refractivity contribution in [2.75, 3.05) is 5.75 Å². The number of hydrogen-bond donors (Lipinski definition) is 2. The van der Waals surface area contributed by atoms with Crippen molar-refractivity contribution >= 4 is 45.3 Å². The number of aryl methyl sites for hydroxylation is 1. The first kappa shape index (κ1) is 19.9. The Morgan fingerprint density at radius 1 is 1.44 bits per heavy atom. The molecule has 2 aromatic rings. The molecule has 0 aromatic carbocycles. The number of hydrogen-bond acceptors (Lipinski definition) is 6. The Labute approximate surface area is 165 Å². The molecule has 146 valence electrons. The third kappa shape index (κ3) is 4.35. The van der Waals surface area contributed by atoms with E-state index in [4.69, 9.17) is 10.7 Å². The molecular weight excluding hydrogens is 384 g/mol. The van der Waals surface area contributed by atoms with Crippen molar-refractivity contribution in [3.05, 3.63) is 20.8 Å². The zero-order valence-electron chi connectivity index (χ0n) is 15.7. The van der Waals surface area contributed by atoms with Crippen LogP contribution in [0, 0.1) is 11.8 Å². The molecule has 1 aliphatic rings. The van der Waals surface area contributed by atoms with Crippen molar-refractivity contribution in [2.24, 2.45) is 17.6 Å². The number of nitrogens with zero attached hydrogens (tertiary/aromatic N) is 2. The van der Waals surface area contributed by atoms with Gasteiger partial charge in [0.1, 0.15) is 4.83 Å². The third-order valence-corrected chi connectivity index (χ3v) is 6.65. The lowest BCUT2D eigenvalue weighted by Gasteiger charge is -2.18. The second-order valence-electron chi connectivity index (χ2n) is 7.44. The van der Waals surface area contributed by atoms with Crippen molar-refractivity contribution in [2.45, 2.75) is 51.7 Å². The number of nitrogens with one attached hydrogen (secondary N) is 1. The molecule has 1 atom stereocenters. The van der Waals surface area contributed by atoms with E-state index >= 15 is 0 Å². The molecule has 0 saturated heterocycles. The maximum atomic E-state index is 13.3. The quantitative estimate of drug-likeness (QED) is 0.584. The highest BCUT2D eigenvalue weighted by molar-refractivity contribution is 7.99. The number of carbonyl (C=O) groups excluding carboxylic acids is 2. The van der Waals surface area contributed by atoms with E-state index in [1.807, 2.05) is 19.2 Å². The molecule has 3 amide bonds. The lowest BCUT2D eigenvalue weighted by Crippen LogP contribution is -2.36. The van der Waals surface area contributed by atoms with Gasteiger partial charge in [-0.05, 0) is 36.7 Å². The third-order valence-electron chi connectivity index (χ3n) is 4.52. The Balaban J connectivity index is 2.02. The number of thioether (sulfide) groups is 1. The van der Waals surface area contributed by atoms with E-state index in [9.17, 15) is 14.4 Å². The standard InChI is InChI=1S/C18H24N4O3S2/c1-9(2)7-22-16(24)14-11-5-4-10(3)6-12(11)27-15(14)21-18(22)26-8-13(23)20-17(19)25/h9-10H,4-8H2,1-3H3,(H3,19,20,23,25)/t10-/m0/s1. The fourth-order valence-electron chi connectivity index (χ4n) is 3.34. The highest BCUT2D eigenvalue weighted by Gasteiger charge is 2.25. The number of fused-ring (bicyclic) bond motifs is 3. The number of imide groups is 1. The molecule has 9 heteroatoms. The Kier molecular flexibility index (Phi) is 5.90. The second kappa shape index (κ2) is 8.02. The number of carbonyl (C=O) groups is 2. The molecule has 0 radical (unpaired) electrons. The number of urea groups is 1. The molecule has 0 fully saturated rings. The predicted octanol–water partition coefficient (Wildman–Crippen LogP) is 2.53. The van der Waals surface area contributed by atoms with Gasteiger partial charge in [-0.1, -0.05) is 32.5 Å². The van der Waals surface area contributed by atoms with E-state index in [1.54, 1.807) is 15.9 Å². The minimum Gasteiger partial charge on any atom is -0.351 e. The molecule has 0 spiro atoms. The summed E-state index contributed by atoms with van der Waals surface area (Å²) in [4.78, 5) is 42.6. The monoisotopic (exact) mass is 408 g/mol. The largest absolute Gasteiger partial charge is 0.351 e. The molecule has 0 saturated carbocycles. The first-order valence-corrected chi connectivity index (χ1v) is 10.8. The van der Waals surface area contributed by atoms with Gasteiger partial charge in [0.05, 0.1) is 11.1 Å². The van der Waals surface area contributed by atoms with Crippen molar-refractivity contribution in [1.29, 1.82) is 0 Å². The molecular formula is C18H24N4O3S2. The second-order valence-corrected chi connectivity index (χ2v) is 9.46. The van der Waals surface area contributed by atoms with Crippen LogP contribution in [0.15, 0.2) is 9.95 Å². The summed E-state index contributed by atoms with van der Waals surface area (Å²) in [6.07, 6.45) is 3.00. The van der Waals surface area contributed by atoms with Crippen LogP contribution in [0.1, 0.15) is 37.6 Å². The van der Waals surface area contributed by atoms with Crippen LogP contribution in [-0.2, 0) is 24.2 Å². The van der Waals surface area contributed by atoms with Gasteiger partial charge in [0.25, 0.3) is 5.56 Å². The zero-order valence-corrected chi connectivity index (χ0v) is 17.3. The van der Waals surface area contributed by atoms with E-state index in [-0.39, 0.29) is 17.2 Å². The Bertz CT molecular complexity index is 948. The molecule has 2 aromatic heterocycles. The summed E-state index contributed by atoms with van der Waals surface area (Å²) in [7, 11) is 0. The minimum absolute atomic E-state index is 0.0267.